The molecule has 9 heteroatoms. The van der Waals surface area contributed by atoms with Crippen LogP contribution in [0.4, 0.5) is 0 Å². The van der Waals surface area contributed by atoms with Crippen molar-refractivity contribution in [1.82, 2.24) is 20.7 Å². The molecule has 0 radical (unpaired) electrons. The van der Waals surface area contributed by atoms with Gasteiger partial charge in [-0.15, -0.1) is 10.2 Å². The number of sulfone groups is 1. The van der Waals surface area contributed by atoms with Gasteiger partial charge in [0.2, 0.25) is 0 Å². The van der Waals surface area contributed by atoms with E-state index in [-0.39, 0.29) is 11.4 Å². The molecule has 2 atom stereocenters. The second-order valence-corrected chi connectivity index (χ2v) is 7.95. The molecule has 0 aliphatic heterocycles. The van der Waals surface area contributed by atoms with Crippen LogP contribution in [0.1, 0.15) is 33.0 Å². The Balaban J connectivity index is 1.92. The molecular formula is C18H14N4O4S. The van der Waals surface area contributed by atoms with E-state index in [0.717, 1.165) is 0 Å². The Bertz CT molecular complexity index is 999. The van der Waals surface area contributed by atoms with Gasteiger partial charge in [0.15, 0.2) is 9.84 Å². The predicted molar refractivity (Wildman–Crippen MR) is 94.1 cm³/mol. The van der Waals surface area contributed by atoms with E-state index < -0.39 is 20.3 Å². The maximum absolute atomic E-state index is 13.8. The van der Waals surface area contributed by atoms with Crippen molar-refractivity contribution >= 4 is 9.84 Å². The van der Waals surface area contributed by atoms with E-state index in [4.69, 9.17) is 9.05 Å². The predicted octanol–water partition coefficient (Wildman–Crippen LogP) is 2.75. The van der Waals surface area contributed by atoms with Crippen molar-refractivity contribution in [3.63, 3.8) is 0 Å². The van der Waals surface area contributed by atoms with Gasteiger partial charge in [0.25, 0.3) is 0 Å². The zero-order chi connectivity index (χ0) is 18.7. The molecule has 8 nitrogen and oxygen atoms in total. The summed E-state index contributed by atoms with van der Waals surface area (Å²) in [6, 6.07) is 17.6. The average Bonchev–Trinajstić information content (AvgIpc) is 3.38. The Morgan fingerprint density at radius 1 is 0.667 bits per heavy atom. The first-order chi connectivity index (χ1) is 13.2. The van der Waals surface area contributed by atoms with Gasteiger partial charge in [-0.2, -0.15) is 0 Å². The maximum Gasteiger partial charge on any atom is 0.176 e. The molecule has 27 heavy (non-hydrogen) atoms. The van der Waals surface area contributed by atoms with Crippen molar-refractivity contribution in [3.8, 4) is 0 Å². The number of nitrogens with zero attached hydrogens (tertiary/aromatic N) is 4. The highest BCUT2D eigenvalue weighted by Crippen LogP contribution is 2.40. The highest BCUT2D eigenvalue weighted by molar-refractivity contribution is 7.92. The van der Waals surface area contributed by atoms with Crippen molar-refractivity contribution < 1.29 is 17.5 Å². The van der Waals surface area contributed by atoms with Crippen LogP contribution in [0.2, 0.25) is 0 Å². The number of benzene rings is 2. The van der Waals surface area contributed by atoms with E-state index in [1.54, 1.807) is 48.5 Å². The summed E-state index contributed by atoms with van der Waals surface area (Å²) in [6.07, 6.45) is 2.47. The summed E-state index contributed by atoms with van der Waals surface area (Å²) in [5, 5.41) is 12.4. The largest absolute Gasteiger partial charge is 0.345 e. The first kappa shape index (κ1) is 17.1. The molecule has 0 fully saturated rings. The molecule has 0 aliphatic carbocycles. The minimum absolute atomic E-state index is 0.193. The molecule has 2 aromatic carbocycles. The van der Waals surface area contributed by atoms with E-state index >= 15 is 0 Å². The lowest BCUT2D eigenvalue weighted by Crippen LogP contribution is -2.23. The van der Waals surface area contributed by atoms with E-state index in [9.17, 15) is 8.42 Å². The van der Waals surface area contributed by atoms with Gasteiger partial charge >= 0.3 is 0 Å². The molecule has 0 bridgehead atoms. The maximum atomic E-state index is 13.8. The van der Waals surface area contributed by atoms with E-state index in [1.807, 2.05) is 12.1 Å². The van der Waals surface area contributed by atoms with Crippen LogP contribution in [0, 0.1) is 0 Å². The van der Waals surface area contributed by atoms with Gasteiger partial charge < -0.3 is 9.05 Å². The molecule has 0 saturated heterocycles. The minimum atomic E-state index is -3.94. The lowest BCUT2D eigenvalue weighted by molar-refractivity contribution is 0.392. The third-order valence-electron chi connectivity index (χ3n) is 4.15. The average molecular weight is 382 g/mol. The van der Waals surface area contributed by atoms with Crippen molar-refractivity contribution in [2.24, 2.45) is 0 Å². The Labute approximate surface area is 154 Å². The highest BCUT2D eigenvalue weighted by Gasteiger charge is 2.41. The Kier molecular flexibility index (Phi) is 4.51. The molecule has 4 aromatic rings. The van der Waals surface area contributed by atoms with Gasteiger partial charge in [-0.25, -0.2) is 8.42 Å². The molecular weight excluding hydrogens is 368 g/mol. The standard InChI is InChI=1S/C18H14N4O4S/c23-27(24,17(15-11-25-21-19-15)13-7-3-1-4-8-13)18(16-12-26-22-20-16)14-9-5-2-6-10-14/h1-12,17-18H. The molecule has 2 unspecified atom stereocenters. The molecule has 0 N–H and O–H groups in total. The molecule has 0 saturated carbocycles. The summed E-state index contributed by atoms with van der Waals surface area (Å²) in [4.78, 5) is 0. The van der Waals surface area contributed by atoms with Crippen molar-refractivity contribution in [3.05, 3.63) is 95.7 Å². The smallest absolute Gasteiger partial charge is 0.176 e. The quantitative estimate of drug-likeness (QED) is 0.500. The third kappa shape index (κ3) is 3.24. The van der Waals surface area contributed by atoms with Crippen molar-refractivity contribution in [2.45, 2.75) is 10.5 Å². The molecule has 4 rings (SSSR count). The molecule has 0 amide bonds. The van der Waals surface area contributed by atoms with E-state index in [2.05, 4.69) is 20.7 Å². The van der Waals surface area contributed by atoms with Crippen LogP contribution in [0.15, 0.2) is 82.2 Å². The summed E-state index contributed by atoms with van der Waals surface area (Å²) in [7, 11) is -3.94. The minimum Gasteiger partial charge on any atom is -0.345 e. The van der Waals surface area contributed by atoms with Crippen LogP contribution in [0.3, 0.4) is 0 Å². The van der Waals surface area contributed by atoms with E-state index in [0.29, 0.717) is 11.1 Å². The zero-order valence-corrected chi connectivity index (χ0v) is 14.7. The summed E-state index contributed by atoms with van der Waals surface area (Å²) >= 11 is 0. The second-order valence-electron chi connectivity index (χ2n) is 5.83. The van der Waals surface area contributed by atoms with Gasteiger partial charge in [0, 0.05) is 10.5 Å². The number of hydrogen-bond acceptors (Lipinski definition) is 8. The summed E-state index contributed by atoms with van der Waals surface area (Å²) < 4.78 is 37.3. The number of hydrogen-bond donors (Lipinski definition) is 0. The van der Waals surface area contributed by atoms with Crippen LogP contribution in [0.25, 0.3) is 0 Å². The molecule has 2 heterocycles. The fourth-order valence-electron chi connectivity index (χ4n) is 3.02. The lowest BCUT2D eigenvalue weighted by atomic mass is 10.1. The summed E-state index contributed by atoms with van der Waals surface area (Å²) in [5.41, 5.74) is 1.48. The Morgan fingerprint density at radius 2 is 1.07 bits per heavy atom. The third-order valence-corrected chi connectivity index (χ3v) is 6.49. The Hall–Kier alpha value is -3.33. The summed E-state index contributed by atoms with van der Waals surface area (Å²) in [6.45, 7) is 0. The monoisotopic (exact) mass is 382 g/mol. The zero-order valence-electron chi connectivity index (χ0n) is 13.9. The van der Waals surface area contributed by atoms with Gasteiger partial charge in [-0.3, -0.25) is 0 Å². The second kappa shape index (κ2) is 7.12. The van der Waals surface area contributed by atoms with Crippen LogP contribution in [0.5, 0.6) is 0 Å². The normalized spacial score (nSPS) is 13.9. The number of aromatic nitrogens is 4. The topological polar surface area (TPSA) is 112 Å². The highest BCUT2D eigenvalue weighted by atomic mass is 32.2. The number of rotatable bonds is 6. The first-order valence-electron chi connectivity index (χ1n) is 8.04. The molecule has 136 valence electrons. The van der Waals surface area contributed by atoms with Gasteiger partial charge in [-0.05, 0) is 11.1 Å². The fraction of sp³-hybridized carbons (Fsp3) is 0.111. The van der Waals surface area contributed by atoms with Crippen LogP contribution >= 0.6 is 0 Å². The summed E-state index contributed by atoms with van der Waals surface area (Å²) in [5.74, 6) is 0. The first-order valence-corrected chi connectivity index (χ1v) is 9.65. The lowest BCUT2D eigenvalue weighted by Gasteiger charge is -2.22. The molecule has 0 aliphatic rings. The van der Waals surface area contributed by atoms with Crippen molar-refractivity contribution in [2.75, 3.05) is 0 Å². The van der Waals surface area contributed by atoms with Gasteiger partial charge in [-0.1, -0.05) is 60.7 Å². The van der Waals surface area contributed by atoms with Crippen LogP contribution in [-0.4, -0.2) is 29.2 Å². The van der Waals surface area contributed by atoms with E-state index in [1.165, 1.54) is 12.5 Å². The van der Waals surface area contributed by atoms with Gasteiger partial charge in [0.05, 0.1) is 0 Å². The van der Waals surface area contributed by atoms with Crippen LogP contribution in [-0.2, 0) is 9.84 Å². The molecule has 0 spiro atoms. The van der Waals surface area contributed by atoms with Gasteiger partial charge in [0.1, 0.15) is 34.4 Å². The SMILES string of the molecule is O=S(=O)(C(c1ccccc1)c1conn1)C(c1ccccc1)c1conn1. The molecule has 2 aromatic heterocycles. The van der Waals surface area contributed by atoms with Crippen molar-refractivity contribution in [1.29, 1.82) is 0 Å². The fourth-order valence-corrected chi connectivity index (χ4v) is 5.25. The Morgan fingerprint density at radius 3 is 1.41 bits per heavy atom. The van der Waals surface area contributed by atoms with Crippen LogP contribution < -0.4 is 0 Å².